The van der Waals surface area contributed by atoms with Crippen LogP contribution in [0.5, 0.6) is 0 Å². The van der Waals surface area contributed by atoms with Gasteiger partial charge in [-0.2, -0.15) is 18.3 Å². The SMILES string of the molecule is O=C(Cn1c(-c2ccc(Cl)cc2)n[nH]c1=S)NCc1ccc(F)cc1C(F)(F)F. The van der Waals surface area contributed by atoms with Gasteiger partial charge in [0.2, 0.25) is 5.91 Å². The molecule has 1 aromatic heterocycles. The van der Waals surface area contributed by atoms with Crippen LogP contribution in [-0.4, -0.2) is 20.7 Å². The lowest BCUT2D eigenvalue weighted by atomic mass is 10.1. The molecular weight excluding hydrogens is 432 g/mol. The molecule has 11 heteroatoms. The Morgan fingerprint density at radius 3 is 2.55 bits per heavy atom. The van der Waals surface area contributed by atoms with Gasteiger partial charge in [0, 0.05) is 17.1 Å². The number of amides is 1. The van der Waals surface area contributed by atoms with E-state index in [9.17, 15) is 22.4 Å². The molecule has 0 spiro atoms. The second-order valence-corrected chi connectivity index (χ2v) is 6.84. The summed E-state index contributed by atoms with van der Waals surface area (Å²) in [7, 11) is 0. The quantitative estimate of drug-likeness (QED) is 0.441. The number of rotatable bonds is 5. The first-order chi connectivity index (χ1) is 13.6. The van der Waals surface area contributed by atoms with Gasteiger partial charge in [0.15, 0.2) is 10.6 Å². The van der Waals surface area contributed by atoms with Crippen molar-refractivity contribution >= 4 is 29.7 Å². The molecule has 152 valence electrons. The van der Waals surface area contributed by atoms with E-state index in [4.69, 9.17) is 23.8 Å². The van der Waals surface area contributed by atoms with Gasteiger partial charge in [-0.15, -0.1) is 0 Å². The van der Waals surface area contributed by atoms with Crippen LogP contribution < -0.4 is 5.32 Å². The summed E-state index contributed by atoms with van der Waals surface area (Å²) in [6.45, 7) is -0.689. The summed E-state index contributed by atoms with van der Waals surface area (Å²) < 4.78 is 53.9. The maximum atomic E-state index is 13.2. The first-order valence-corrected chi connectivity index (χ1v) is 8.97. The van der Waals surface area contributed by atoms with E-state index >= 15 is 0 Å². The Labute approximate surface area is 172 Å². The van der Waals surface area contributed by atoms with Crippen LogP contribution in [0.1, 0.15) is 11.1 Å². The standard InChI is InChI=1S/C18H13ClF4N4OS/c19-12-4-1-10(2-5-12)16-25-26-17(29)27(16)9-15(28)24-8-11-3-6-13(20)7-14(11)18(21,22)23/h1-7H,8-9H2,(H,24,28)(H,26,29). The van der Waals surface area contributed by atoms with Gasteiger partial charge in [-0.05, 0) is 54.2 Å². The molecule has 0 bridgehead atoms. The second-order valence-electron chi connectivity index (χ2n) is 6.02. The molecule has 0 aliphatic rings. The van der Waals surface area contributed by atoms with Crippen molar-refractivity contribution in [2.45, 2.75) is 19.3 Å². The largest absolute Gasteiger partial charge is 0.416 e. The zero-order valence-corrected chi connectivity index (χ0v) is 16.1. The van der Waals surface area contributed by atoms with Crippen molar-refractivity contribution in [3.63, 3.8) is 0 Å². The number of hydrogen-bond donors (Lipinski definition) is 2. The number of alkyl halides is 3. The fourth-order valence-electron chi connectivity index (χ4n) is 2.64. The maximum Gasteiger partial charge on any atom is 0.416 e. The summed E-state index contributed by atoms with van der Waals surface area (Å²) in [6, 6.07) is 8.96. The normalized spacial score (nSPS) is 11.5. The summed E-state index contributed by atoms with van der Waals surface area (Å²) in [6.07, 6.45) is -4.74. The number of carbonyl (C=O) groups excluding carboxylic acids is 1. The lowest BCUT2D eigenvalue weighted by molar-refractivity contribution is -0.138. The Bertz CT molecular complexity index is 1090. The van der Waals surface area contributed by atoms with Crippen molar-refractivity contribution in [3.05, 3.63) is 69.2 Å². The third-order valence-electron chi connectivity index (χ3n) is 4.02. The molecule has 0 atom stereocenters. The maximum absolute atomic E-state index is 13.2. The molecule has 1 heterocycles. The van der Waals surface area contributed by atoms with Crippen molar-refractivity contribution in [1.29, 1.82) is 0 Å². The Balaban J connectivity index is 1.76. The minimum absolute atomic E-state index is 0.169. The number of aromatic nitrogens is 3. The summed E-state index contributed by atoms with van der Waals surface area (Å²) in [5, 5.41) is 9.57. The number of halogens is 5. The van der Waals surface area contributed by atoms with E-state index in [0.717, 1.165) is 12.1 Å². The molecule has 0 aliphatic carbocycles. The molecule has 2 N–H and O–H groups in total. The predicted octanol–water partition coefficient (Wildman–Crippen LogP) is 4.74. The zero-order valence-electron chi connectivity index (χ0n) is 14.6. The minimum Gasteiger partial charge on any atom is -0.350 e. The monoisotopic (exact) mass is 444 g/mol. The van der Waals surface area contributed by atoms with Gasteiger partial charge in [0.05, 0.1) is 5.56 Å². The second kappa shape index (κ2) is 8.34. The number of nitrogens with zero attached hydrogens (tertiary/aromatic N) is 2. The van der Waals surface area contributed by atoms with E-state index in [1.54, 1.807) is 24.3 Å². The fraction of sp³-hybridized carbons (Fsp3) is 0.167. The van der Waals surface area contributed by atoms with E-state index in [0.29, 0.717) is 22.5 Å². The van der Waals surface area contributed by atoms with Gasteiger partial charge >= 0.3 is 6.18 Å². The molecule has 3 aromatic rings. The zero-order chi connectivity index (χ0) is 21.2. The van der Waals surface area contributed by atoms with Crippen LogP contribution in [0.4, 0.5) is 17.6 Å². The van der Waals surface area contributed by atoms with Gasteiger partial charge in [-0.3, -0.25) is 14.5 Å². The highest BCUT2D eigenvalue weighted by Crippen LogP contribution is 2.32. The van der Waals surface area contributed by atoms with Crippen LogP contribution in [0.25, 0.3) is 11.4 Å². The van der Waals surface area contributed by atoms with Crippen LogP contribution in [0, 0.1) is 10.6 Å². The number of benzene rings is 2. The number of hydrogen-bond acceptors (Lipinski definition) is 3. The van der Waals surface area contributed by atoms with Crippen LogP contribution in [0.15, 0.2) is 42.5 Å². The third kappa shape index (κ3) is 5.01. The van der Waals surface area contributed by atoms with Crippen molar-refractivity contribution in [3.8, 4) is 11.4 Å². The lowest BCUT2D eigenvalue weighted by Crippen LogP contribution is -2.28. The Morgan fingerprint density at radius 2 is 1.90 bits per heavy atom. The summed E-state index contributed by atoms with van der Waals surface area (Å²) in [4.78, 5) is 12.3. The number of aromatic amines is 1. The van der Waals surface area contributed by atoms with Gasteiger partial charge in [-0.25, -0.2) is 4.39 Å². The van der Waals surface area contributed by atoms with Crippen LogP contribution in [0.2, 0.25) is 5.02 Å². The fourth-order valence-corrected chi connectivity index (χ4v) is 2.97. The summed E-state index contributed by atoms with van der Waals surface area (Å²) in [5.74, 6) is -1.22. The smallest absolute Gasteiger partial charge is 0.350 e. The van der Waals surface area contributed by atoms with E-state index in [1.165, 1.54) is 4.57 Å². The van der Waals surface area contributed by atoms with Gasteiger partial charge in [-0.1, -0.05) is 17.7 Å². The predicted molar refractivity (Wildman–Crippen MR) is 101 cm³/mol. The molecule has 0 unspecified atom stereocenters. The van der Waals surface area contributed by atoms with Crippen molar-refractivity contribution in [2.75, 3.05) is 0 Å². The van der Waals surface area contributed by atoms with Crippen molar-refractivity contribution < 1.29 is 22.4 Å². The molecular formula is C18H13ClF4N4OS. The molecule has 3 rings (SSSR count). The molecule has 0 saturated heterocycles. The number of nitrogens with one attached hydrogen (secondary N) is 2. The van der Waals surface area contributed by atoms with E-state index in [1.807, 2.05) is 0 Å². The number of H-pyrrole nitrogens is 1. The Morgan fingerprint density at radius 1 is 1.21 bits per heavy atom. The lowest BCUT2D eigenvalue weighted by Gasteiger charge is -2.14. The molecule has 0 fully saturated rings. The third-order valence-corrected chi connectivity index (χ3v) is 4.58. The highest BCUT2D eigenvalue weighted by atomic mass is 35.5. The Hall–Kier alpha value is -2.72. The minimum atomic E-state index is -4.74. The number of carbonyl (C=O) groups is 1. The first kappa shape index (κ1) is 21.0. The van der Waals surface area contributed by atoms with E-state index in [2.05, 4.69) is 15.5 Å². The first-order valence-electron chi connectivity index (χ1n) is 8.18. The summed E-state index contributed by atoms with van der Waals surface area (Å²) >= 11 is 11.0. The van der Waals surface area contributed by atoms with Crippen molar-refractivity contribution in [2.24, 2.45) is 0 Å². The van der Waals surface area contributed by atoms with Crippen LogP contribution in [-0.2, 0) is 24.1 Å². The van der Waals surface area contributed by atoms with Crippen LogP contribution in [0.3, 0.4) is 0 Å². The highest BCUT2D eigenvalue weighted by Gasteiger charge is 2.33. The van der Waals surface area contributed by atoms with E-state index < -0.39 is 30.0 Å². The molecule has 5 nitrogen and oxygen atoms in total. The molecule has 0 radical (unpaired) electrons. The molecule has 29 heavy (non-hydrogen) atoms. The van der Waals surface area contributed by atoms with E-state index in [-0.39, 0.29) is 16.9 Å². The highest BCUT2D eigenvalue weighted by molar-refractivity contribution is 7.71. The van der Waals surface area contributed by atoms with Crippen molar-refractivity contribution in [1.82, 2.24) is 20.1 Å². The topological polar surface area (TPSA) is 62.7 Å². The average Bonchev–Trinajstić information content (AvgIpc) is 3.01. The summed E-state index contributed by atoms with van der Waals surface area (Å²) in [5.41, 5.74) is -0.743. The molecule has 2 aromatic carbocycles. The van der Waals surface area contributed by atoms with Gasteiger partial charge in [0.25, 0.3) is 0 Å². The molecule has 1 amide bonds. The van der Waals surface area contributed by atoms with Crippen LogP contribution >= 0.6 is 23.8 Å². The average molecular weight is 445 g/mol. The van der Waals surface area contributed by atoms with Gasteiger partial charge in [0.1, 0.15) is 12.4 Å². The Kier molecular flexibility index (Phi) is 6.04. The molecule has 0 aliphatic heterocycles. The van der Waals surface area contributed by atoms with Gasteiger partial charge < -0.3 is 5.32 Å². The molecule has 0 saturated carbocycles.